The van der Waals surface area contributed by atoms with Crippen LogP contribution in [-0.4, -0.2) is 41.6 Å². The number of carboxylic acids is 1. The number of benzene rings is 1. The first-order valence-corrected chi connectivity index (χ1v) is 5.53. The van der Waals surface area contributed by atoms with Crippen molar-refractivity contribution in [2.24, 2.45) is 0 Å². The van der Waals surface area contributed by atoms with Gasteiger partial charge in [-0.15, -0.1) is 0 Å². The van der Waals surface area contributed by atoms with E-state index in [4.69, 9.17) is 15.6 Å². The second-order valence-electron chi connectivity index (χ2n) is 4.22. The number of carbonyl (C=O) groups excluding carboxylic acids is 1. The minimum absolute atomic E-state index is 0.00607. The number of hydrogen-bond donors (Lipinski definition) is 2. The summed E-state index contributed by atoms with van der Waals surface area (Å²) in [6.45, 7) is 0.605. The van der Waals surface area contributed by atoms with Gasteiger partial charge in [0.15, 0.2) is 6.10 Å². The molecule has 1 saturated heterocycles. The van der Waals surface area contributed by atoms with Gasteiger partial charge in [0.2, 0.25) is 0 Å². The largest absolute Gasteiger partial charge is 0.480 e. The Kier molecular flexibility index (Phi) is 3.10. The second-order valence-corrected chi connectivity index (χ2v) is 4.22. The molecule has 0 bridgehead atoms. The Hall–Kier alpha value is -2.24. The summed E-state index contributed by atoms with van der Waals surface area (Å²) in [6.07, 6.45) is -0.0849. The van der Waals surface area contributed by atoms with E-state index in [-0.39, 0.29) is 17.2 Å². The molecule has 0 aliphatic carbocycles. The summed E-state index contributed by atoms with van der Waals surface area (Å²) >= 11 is 0. The van der Waals surface area contributed by atoms with Crippen LogP contribution in [0.25, 0.3) is 0 Å². The number of rotatable bonds is 3. The van der Waals surface area contributed by atoms with E-state index in [1.165, 1.54) is 18.2 Å². The van der Waals surface area contributed by atoms with Gasteiger partial charge in [-0.2, -0.15) is 0 Å². The van der Waals surface area contributed by atoms with Crippen LogP contribution in [0.15, 0.2) is 18.2 Å². The number of likely N-dealkylation sites (N-methyl/N-ethyl adjacent to an activating group) is 1. The first-order valence-electron chi connectivity index (χ1n) is 5.53. The molecule has 1 aliphatic rings. The van der Waals surface area contributed by atoms with Crippen LogP contribution in [0.3, 0.4) is 0 Å². The van der Waals surface area contributed by atoms with Crippen molar-refractivity contribution in [1.82, 2.24) is 4.90 Å². The highest BCUT2D eigenvalue weighted by Gasteiger charge is 2.31. The molecule has 1 aromatic rings. The number of amides is 1. The molecule has 6 heteroatoms. The molecule has 6 nitrogen and oxygen atoms in total. The van der Waals surface area contributed by atoms with Crippen LogP contribution in [0.1, 0.15) is 16.8 Å². The fourth-order valence-electron chi connectivity index (χ4n) is 1.87. The SMILES string of the molecule is CN1CCC(Oc2cc(N)ccc2C(=O)O)C1=O. The molecule has 1 aromatic carbocycles. The molecule has 1 unspecified atom stereocenters. The Bertz CT molecular complexity index is 501. The molecular weight excluding hydrogens is 236 g/mol. The summed E-state index contributed by atoms with van der Waals surface area (Å²) in [5.74, 6) is -1.12. The maximum Gasteiger partial charge on any atom is 0.339 e. The Balaban J connectivity index is 2.25. The Morgan fingerprint density at radius 2 is 2.28 bits per heavy atom. The van der Waals surface area contributed by atoms with Crippen LogP contribution in [0.2, 0.25) is 0 Å². The van der Waals surface area contributed by atoms with Gasteiger partial charge >= 0.3 is 5.97 Å². The smallest absolute Gasteiger partial charge is 0.339 e. The molecule has 18 heavy (non-hydrogen) atoms. The highest BCUT2D eigenvalue weighted by molar-refractivity contribution is 5.92. The van der Waals surface area contributed by atoms with Crippen molar-refractivity contribution in [1.29, 1.82) is 0 Å². The second kappa shape index (κ2) is 4.56. The number of anilines is 1. The highest BCUT2D eigenvalue weighted by Crippen LogP contribution is 2.25. The lowest BCUT2D eigenvalue weighted by Crippen LogP contribution is -2.29. The van der Waals surface area contributed by atoms with Gasteiger partial charge in [0.05, 0.1) is 0 Å². The van der Waals surface area contributed by atoms with Crippen molar-refractivity contribution < 1.29 is 19.4 Å². The predicted molar refractivity (Wildman–Crippen MR) is 64.5 cm³/mol. The van der Waals surface area contributed by atoms with Crippen LogP contribution in [0.5, 0.6) is 5.75 Å². The molecular formula is C12H14N2O4. The Morgan fingerprint density at radius 3 is 2.83 bits per heavy atom. The van der Waals surface area contributed by atoms with Crippen LogP contribution < -0.4 is 10.5 Å². The monoisotopic (exact) mass is 250 g/mol. The lowest BCUT2D eigenvalue weighted by molar-refractivity contribution is -0.132. The van der Waals surface area contributed by atoms with Crippen molar-refractivity contribution in [3.8, 4) is 5.75 Å². The van der Waals surface area contributed by atoms with Gasteiger partial charge < -0.3 is 20.5 Å². The first kappa shape index (κ1) is 12.2. The molecule has 0 spiro atoms. The summed E-state index contributed by atoms with van der Waals surface area (Å²) in [7, 11) is 1.68. The van der Waals surface area contributed by atoms with E-state index in [1.54, 1.807) is 11.9 Å². The molecule has 1 atom stereocenters. The van der Waals surface area contributed by atoms with Gasteiger partial charge in [-0.3, -0.25) is 4.79 Å². The third-order valence-electron chi connectivity index (χ3n) is 2.88. The maximum absolute atomic E-state index is 11.7. The van der Waals surface area contributed by atoms with E-state index >= 15 is 0 Å². The van der Waals surface area contributed by atoms with Crippen molar-refractivity contribution in [3.05, 3.63) is 23.8 Å². The number of nitrogens with zero attached hydrogens (tertiary/aromatic N) is 1. The average molecular weight is 250 g/mol. The van der Waals surface area contributed by atoms with Crippen LogP contribution in [-0.2, 0) is 4.79 Å². The third kappa shape index (κ3) is 2.22. The number of ether oxygens (including phenoxy) is 1. The standard InChI is InChI=1S/C12H14N2O4/c1-14-5-4-9(11(14)15)18-10-6-7(13)2-3-8(10)12(16)17/h2-3,6,9H,4-5,13H2,1H3,(H,16,17). The average Bonchev–Trinajstić information content (AvgIpc) is 2.61. The van der Waals surface area contributed by atoms with E-state index < -0.39 is 12.1 Å². The van der Waals surface area contributed by atoms with E-state index in [9.17, 15) is 9.59 Å². The molecule has 0 radical (unpaired) electrons. The minimum Gasteiger partial charge on any atom is -0.480 e. The number of nitrogens with two attached hydrogens (primary N) is 1. The maximum atomic E-state index is 11.7. The normalized spacial score (nSPS) is 19.1. The first-order chi connectivity index (χ1) is 8.49. The molecule has 0 saturated carbocycles. The zero-order valence-corrected chi connectivity index (χ0v) is 9.92. The minimum atomic E-state index is -1.11. The summed E-state index contributed by atoms with van der Waals surface area (Å²) in [4.78, 5) is 24.3. The fourth-order valence-corrected chi connectivity index (χ4v) is 1.87. The Labute approximate surface area is 104 Å². The highest BCUT2D eigenvalue weighted by atomic mass is 16.5. The van der Waals surface area contributed by atoms with Crippen molar-refractivity contribution in [2.75, 3.05) is 19.3 Å². The summed E-state index contributed by atoms with van der Waals surface area (Å²) in [5, 5.41) is 9.03. The number of likely N-dealkylation sites (tertiary alicyclic amines) is 1. The number of nitrogen functional groups attached to an aromatic ring is 1. The zero-order valence-electron chi connectivity index (χ0n) is 9.92. The van der Waals surface area contributed by atoms with E-state index in [0.29, 0.717) is 18.7 Å². The van der Waals surface area contributed by atoms with Gasteiger partial charge in [0, 0.05) is 31.8 Å². The summed E-state index contributed by atoms with van der Waals surface area (Å²) in [6, 6.07) is 4.28. The van der Waals surface area contributed by atoms with Crippen LogP contribution >= 0.6 is 0 Å². The Morgan fingerprint density at radius 1 is 1.56 bits per heavy atom. The number of carbonyl (C=O) groups is 2. The molecule has 1 aliphatic heterocycles. The zero-order chi connectivity index (χ0) is 13.3. The third-order valence-corrected chi connectivity index (χ3v) is 2.88. The van der Waals surface area contributed by atoms with E-state index in [0.717, 1.165) is 0 Å². The quantitative estimate of drug-likeness (QED) is 0.765. The molecule has 2 rings (SSSR count). The molecule has 1 heterocycles. The topological polar surface area (TPSA) is 92.9 Å². The van der Waals surface area contributed by atoms with Crippen LogP contribution in [0.4, 0.5) is 5.69 Å². The molecule has 1 fully saturated rings. The number of hydrogen-bond acceptors (Lipinski definition) is 4. The molecule has 96 valence electrons. The lowest BCUT2D eigenvalue weighted by Gasteiger charge is -2.15. The lowest BCUT2D eigenvalue weighted by atomic mass is 10.2. The van der Waals surface area contributed by atoms with E-state index in [2.05, 4.69) is 0 Å². The van der Waals surface area contributed by atoms with Crippen molar-refractivity contribution >= 4 is 17.6 Å². The summed E-state index contributed by atoms with van der Waals surface area (Å²) < 4.78 is 5.48. The molecule has 3 N–H and O–H groups in total. The van der Waals surface area contributed by atoms with Gasteiger partial charge in [-0.25, -0.2) is 4.79 Å². The van der Waals surface area contributed by atoms with E-state index in [1.807, 2.05) is 0 Å². The number of carboxylic acid groups (broad SMARTS) is 1. The van der Waals surface area contributed by atoms with Gasteiger partial charge in [0.25, 0.3) is 5.91 Å². The van der Waals surface area contributed by atoms with Crippen molar-refractivity contribution in [3.63, 3.8) is 0 Å². The predicted octanol–water partition coefficient (Wildman–Crippen LogP) is 0.577. The molecule has 1 amide bonds. The van der Waals surface area contributed by atoms with Gasteiger partial charge in [0.1, 0.15) is 11.3 Å². The van der Waals surface area contributed by atoms with Crippen LogP contribution in [0, 0.1) is 0 Å². The number of aromatic carboxylic acids is 1. The summed E-state index contributed by atoms with van der Waals surface area (Å²) in [5.41, 5.74) is 6.00. The van der Waals surface area contributed by atoms with Gasteiger partial charge in [-0.05, 0) is 12.1 Å². The fraction of sp³-hybridized carbons (Fsp3) is 0.333. The van der Waals surface area contributed by atoms with Gasteiger partial charge in [-0.1, -0.05) is 0 Å². The molecule has 0 aromatic heterocycles. The van der Waals surface area contributed by atoms with Crippen molar-refractivity contribution in [2.45, 2.75) is 12.5 Å².